The van der Waals surface area contributed by atoms with Gasteiger partial charge in [0.05, 0.1) is 6.54 Å². The Morgan fingerprint density at radius 2 is 1.67 bits per heavy atom. The molecule has 0 fully saturated rings. The number of aryl methyl sites for hydroxylation is 2. The standard InChI is InChI=1S/C14H22N6O/c1-5-7-15-13-9(3)14(19-11(6-2)18-13)16-8-12-17-10(4)21-20-12/h5-8H2,1-4H3,(H2,15,16,18,19). The number of hydrogen-bond acceptors (Lipinski definition) is 7. The SMILES string of the molecule is CCCNc1nc(CC)nc(NCc2noc(C)n2)c1C. The van der Waals surface area contributed by atoms with Crippen molar-refractivity contribution in [1.82, 2.24) is 20.1 Å². The monoisotopic (exact) mass is 290 g/mol. The van der Waals surface area contributed by atoms with Gasteiger partial charge in [-0.05, 0) is 13.3 Å². The van der Waals surface area contributed by atoms with Crippen molar-refractivity contribution in [2.24, 2.45) is 0 Å². The molecule has 0 atom stereocenters. The Balaban J connectivity index is 2.16. The lowest BCUT2D eigenvalue weighted by atomic mass is 10.2. The van der Waals surface area contributed by atoms with Crippen molar-refractivity contribution in [3.8, 4) is 0 Å². The number of nitrogens with zero attached hydrogens (tertiary/aromatic N) is 4. The topological polar surface area (TPSA) is 88.8 Å². The van der Waals surface area contributed by atoms with E-state index in [1.807, 2.05) is 13.8 Å². The average molecular weight is 290 g/mol. The van der Waals surface area contributed by atoms with E-state index in [4.69, 9.17) is 4.52 Å². The van der Waals surface area contributed by atoms with E-state index in [1.54, 1.807) is 6.92 Å². The molecule has 0 aliphatic heterocycles. The minimum Gasteiger partial charge on any atom is -0.370 e. The highest BCUT2D eigenvalue weighted by atomic mass is 16.5. The predicted octanol–water partition coefficient (Wildman–Crippen LogP) is 2.47. The Morgan fingerprint density at radius 1 is 0.952 bits per heavy atom. The van der Waals surface area contributed by atoms with Crippen LogP contribution in [0.2, 0.25) is 0 Å². The third kappa shape index (κ3) is 3.90. The van der Waals surface area contributed by atoms with Gasteiger partial charge in [-0.1, -0.05) is 19.0 Å². The van der Waals surface area contributed by atoms with Crippen LogP contribution in [-0.4, -0.2) is 26.7 Å². The third-order valence-corrected chi connectivity index (χ3v) is 3.03. The van der Waals surface area contributed by atoms with E-state index in [1.165, 1.54) is 0 Å². The summed E-state index contributed by atoms with van der Waals surface area (Å²) < 4.78 is 4.96. The smallest absolute Gasteiger partial charge is 0.223 e. The van der Waals surface area contributed by atoms with Crippen molar-refractivity contribution < 1.29 is 4.52 Å². The quantitative estimate of drug-likeness (QED) is 0.809. The minimum atomic E-state index is 0.478. The first-order chi connectivity index (χ1) is 10.1. The molecule has 114 valence electrons. The Bertz CT molecular complexity index is 595. The van der Waals surface area contributed by atoms with Crippen LogP contribution in [0.1, 0.15) is 43.4 Å². The van der Waals surface area contributed by atoms with E-state index in [2.05, 4.69) is 37.7 Å². The minimum absolute atomic E-state index is 0.478. The fourth-order valence-electron chi connectivity index (χ4n) is 1.88. The van der Waals surface area contributed by atoms with Gasteiger partial charge in [0.15, 0.2) is 5.82 Å². The summed E-state index contributed by atoms with van der Waals surface area (Å²) in [7, 11) is 0. The van der Waals surface area contributed by atoms with Crippen molar-refractivity contribution >= 4 is 11.6 Å². The van der Waals surface area contributed by atoms with E-state index in [-0.39, 0.29) is 0 Å². The van der Waals surface area contributed by atoms with Crippen LogP contribution >= 0.6 is 0 Å². The van der Waals surface area contributed by atoms with Gasteiger partial charge in [0, 0.05) is 25.5 Å². The molecule has 2 N–H and O–H groups in total. The zero-order chi connectivity index (χ0) is 15.2. The van der Waals surface area contributed by atoms with Gasteiger partial charge >= 0.3 is 0 Å². The highest BCUT2D eigenvalue weighted by Gasteiger charge is 2.11. The summed E-state index contributed by atoms with van der Waals surface area (Å²) in [4.78, 5) is 13.2. The maximum absolute atomic E-state index is 4.96. The van der Waals surface area contributed by atoms with Crippen LogP contribution in [0.5, 0.6) is 0 Å². The molecular formula is C14H22N6O. The molecule has 0 aliphatic rings. The zero-order valence-electron chi connectivity index (χ0n) is 13.0. The summed E-state index contributed by atoms with van der Waals surface area (Å²) in [6.45, 7) is 9.31. The molecule has 0 saturated carbocycles. The molecule has 2 aromatic rings. The van der Waals surface area contributed by atoms with Crippen molar-refractivity contribution in [3.05, 3.63) is 23.1 Å². The Hall–Kier alpha value is -2.18. The Labute approximate surface area is 124 Å². The lowest BCUT2D eigenvalue weighted by Gasteiger charge is -2.13. The second-order valence-corrected chi connectivity index (χ2v) is 4.83. The lowest BCUT2D eigenvalue weighted by Crippen LogP contribution is -2.12. The molecule has 0 aromatic carbocycles. The van der Waals surface area contributed by atoms with Gasteiger partial charge < -0.3 is 15.2 Å². The van der Waals surface area contributed by atoms with E-state index >= 15 is 0 Å². The van der Waals surface area contributed by atoms with Gasteiger partial charge in [-0.15, -0.1) is 0 Å². The highest BCUT2D eigenvalue weighted by Crippen LogP contribution is 2.20. The second kappa shape index (κ2) is 7.01. The number of nitrogens with one attached hydrogen (secondary N) is 2. The highest BCUT2D eigenvalue weighted by molar-refractivity contribution is 5.57. The predicted molar refractivity (Wildman–Crippen MR) is 81.3 cm³/mol. The molecule has 0 radical (unpaired) electrons. The van der Waals surface area contributed by atoms with Crippen molar-refractivity contribution in [2.45, 2.75) is 47.1 Å². The van der Waals surface area contributed by atoms with Crippen LogP contribution in [-0.2, 0) is 13.0 Å². The van der Waals surface area contributed by atoms with Crippen molar-refractivity contribution in [1.29, 1.82) is 0 Å². The van der Waals surface area contributed by atoms with Crippen LogP contribution < -0.4 is 10.6 Å². The number of anilines is 2. The van der Waals surface area contributed by atoms with E-state index in [9.17, 15) is 0 Å². The van der Waals surface area contributed by atoms with Gasteiger partial charge in [0.1, 0.15) is 17.5 Å². The first-order valence-corrected chi connectivity index (χ1v) is 7.28. The van der Waals surface area contributed by atoms with Crippen LogP contribution in [0.15, 0.2) is 4.52 Å². The molecule has 0 amide bonds. The van der Waals surface area contributed by atoms with E-state index < -0.39 is 0 Å². The molecule has 0 bridgehead atoms. The molecule has 2 rings (SSSR count). The molecule has 7 heteroatoms. The van der Waals surface area contributed by atoms with Gasteiger partial charge in [0.25, 0.3) is 0 Å². The number of hydrogen-bond donors (Lipinski definition) is 2. The number of rotatable bonds is 7. The first kappa shape index (κ1) is 15.2. The summed E-state index contributed by atoms with van der Waals surface area (Å²) >= 11 is 0. The Morgan fingerprint density at radius 3 is 2.24 bits per heavy atom. The van der Waals surface area contributed by atoms with Crippen LogP contribution in [0.25, 0.3) is 0 Å². The fraction of sp³-hybridized carbons (Fsp3) is 0.571. The van der Waals surface area contributed by atoms with Gasteiger partial charge in [-0.3, -0.25) is 0 Å². The molecule has 0 unspecified atom stereocenters. The molecule has 0 saturated heterocycles. The Kier molecular flexibility index (Phi) is 5.08. The third-order valence-electron chi connectivity index (χ3n) is 3.03. The summed E-state index contributed by atoms with van der Waals surface area (Å²) in [6.07, 6.45) is 1.84. The summed E-state index contributed by atoms with van der Waals surface area (Å²) in [5.41, 5.74) is 1.00. The van der Waals surface area contributed by atoms with Gasteiger partial charge in [-0.2, -0.15) is 4.98 Å². The average Bonchev–Trinajstić information content (AvgIpc) is 2.90. The summed E-state index contributed by atoms with van der Waals surface area (Å²) in [5.74, 6) is 3.68. The van der Waals surface area contributed by atoms with Crippen molar-refractivity contribution in [2.75, 3.05) is 17.2 Å². The largest absolute Gasteiger partial charge is 0.370 e. The molecular weight excluding hydrogens is 268 g/mol. The maximum atomic E-state index is 4.96. The van der Waals surface area contributed by atoms with Gasteiger partial charge in [0.2, 0.25) is 5.89 Å². The van der Waals surface area contributed by atoms with Gasteiger partial charge in [-0.25, -0.2) is 9.97 Å². The van der Waals surface area contributed by atoms with E-state index in [0.29, 0.717) is 18.3 Å². The lowest BCUT2D eigenvalue weighted by molar-refractivity contribution is 0.388. The normalized spacial score (nSPS) is 10.7. The maximum Gasteiger partial charge on any atom is 0.223 e. The summed E-state index contributed by atoms with van der Waals surface area (Å²) in [5, 5.41) is 10.5. The van der Waals surface area contributed by atoms with E-state index in [0.717, 1.165) is 42.4 Å². The van der Waals surface area contributed by atoms with Crippen molar-refractivity contribution in [3.63, 3.8) is 0 Å². The molecule has 21 heavy (non-hydrogen) atoms. The van der Waals surface area contributed by atoms with Crippen LogP contribution in [0.4, 0.5) is 11.6 Å². The molecule has 7 nitrogen and oxygen atoms in total. The van der Waals surface area contributed by atoms with Crippen LogP contribution in [0, 0.1) is 13.8 Å². The number of aromatic nitrogens is 4. The first-order valence-electron chi connectivity index (χ1n) is 7.28. The molecule has 2 heterocycles. The molecule has 2 aromatic heterocycles. The second-order valence-electron chi connectivity index (χ2n) is 4.83. The summed E-state index contributed by atoms with van der Waals surface area (Å²) in [6, 6.07) is 0. The zero-order valence-corrected chi connectivity index (χ0v) is 13.0. The molecule has 0 spiro atoms. The molecule has 0 aliphatic carbocycles. The van der Waals surface area contributed by atoms with Crippen LogP contribution in [0.3, 0.4) is 0 Å². The fourth-order valence-corrected chi connectivity index (χ4v) is 1.88.